The van der Waals surface area contributed by atoms with E-state index in [1.165, 1.54) is 10.6 Å². The van der Waals surface area contributed by atoms with Gasteiger partial charge in [0, 0.05) is 19.0 Å². The maximum atomic E-state index is 11.6. The predicted octanol–water partition coefficient (Wildman–Crippen LogP) is 2.51. The molecule has 118 valence electrons. The van der Waals surface area contributed by atoms with Gasteiger partial charge >= 0.3 is 0 Å². The fourth-order valence-corrected chi connectivity index (χ4v) is 3.81. The molecule has 21 heavy (non-hydrogen) atoms. The van der Waals surface area contributed by atoms with Crippen LogP contribution < -0.4 is 9.47 Å². The van der Waals surface area contributed by atoms with Crippen LogP contribution in [-0.2, 0) is 10.0 Å². The Hall–Kier alpha value is -0.790. The highest BCUT2D eigenvalue weighted by Gasteiger charge is 2.26. The Labute approximate surface area is 134 Å². The number of benzene rings is 1. The minimum absolute atomic E-state index is 0.225. The second kappa shape index (κ2) is 6.98. The van der Waals surface area contributed by atoms with Crippen LogP contribution in [0.2, 0.25) is 0 Å². The Balaban J connectivity index is 1.94. The molecule has 0 spiro atoms. The Bertz CT molecular complexity index is 591. The lowest BCUT2D eigenvalue weighted by molar-refractivity contribution is 0.180. The molecule has 0 aromatic heterocycles. The highest BCUT2D eigenvalue weighted by Crippen LogP contribution is 2.30. The highest BCUT2D eigenvalue weighted by atomic mass is 79.9. The van der Waals surface area contributed by atoms with E-state index in [1.54, 1.807) is 7.11 Å². The van der Waals surface area contributed by atoms with Gasteiger partial charge in [-0.15, -0.1) is 0 Å². The second-order valence-electron chi connectivity index (χ2n) is 5.24. The summed E-state index contributed by atoms with van der Waals surface area (Å²) in [6, 6.07) is 5.53. The third-order valence-electron chi connectivity index (χ3n) is 3.56. The highest BCUT2D eigenvalue weighted by molar-refractivity contribution is 9.10. The minimum atomic E-state index is -3.11. The minimum Gasteiger partial charge on any atom is -0.497 e. The Kier molecular flexibility index (Phi) is 5.51. The summed E-state index contributed by atoms with van der Waals surface area (Å²) >= 11 is 3.45. The largest absolute Gasteiger partial charge is 0.497 e. The van der Waals surface area contributed by atoms with E-state index in [0.717, 1.165) is 28.8 Å². The van der Waals surface area contributed by atoms with Gasteiger partial charge in [-0.3, -0.25) is 0 Å². The van der Waals surface area contributed by atoms with E-state index in [9.17, 15) is 8.42 Å². The first-order chi connectivity index (χ1) is 9.90. The number of methoxy groups -OCH3 is 1. The fraction of sp³-hybridized carbons (Fsp3) is 0.571. The summed E-state index contributed by atoms with van der Waals surface area (Å²) in [5.41, 5.74) is 0. The van der Waals surface area contributed by atoms with Crippen molar-refractivity contribution in [3.8, 4) is 11.5 Å². The monoisotopic (exact) mass is 377 g/mol. The molecule has 1 heterocycles. The molecule has 5 nitrogen and oxygen atoms in total. The average Bonchev–Trinajstić information content (AvgIpc) is 2.45. The van der Waals surface area contributed by atoms with Crippen molar-refractivity contribution < 1.29 is 17.9 Å². The van der Waals surface area contributed by atoms with E-state index >= 15 is 0 Å². The van der Waals surface area contributed by atoms with Gasteiger partial charge in [-0.2, -0.15) is 0 Å². The molecule has 1 aromatic rings. The molecular formula is C14H20BrNO4S. The zero-order valence-electron chi connectivity index (χ0n) is 12.2. The predicted molar refractivity (Wildman–Crippen MR) is 85.3 cm³/mol. The van der Waals surface area contributed by atoms with Crippen LogP contribution in [0, 0.1) is 5.92 Å². The van der Waals surface area contributed by atoms with Gasteiger partial charge in [0.05, 0.1) is 24.4 Å². The number of nitrogens with zero attached hydrogens (tertiary/aromatic N) is 1. The van der Waals surface area contributed by atoms with Crippen molar-refractivity contribution in [3.05, 3.63) is 22.7 Å². The molecule has 0 N–H and O–H groups in total. The van der Waals surface area contributed by atoms with E-state index in [-0.39, 0.29) is 5.92 Å². The van der Waals surface area contributed by atoms with Gasteiger partial charge in [-0.05, 0) is 47.0 Å². The van der Waals surface area contributed by atoms with E-state index in [2.05, 4.69) is 15.9 Å². The molecule has 1 aliphatic heterocycles. The number of piperidine rings is 1. The molecule has 1 unspecified atom stereocenters. The SMILES string of the molecule is COc1ccc(OCC2CCCN(S(C)(=O)=O)C2)c(Br)c1. The van der Waals surface area contributed by atoms with Crippen LogP contribution in [0.1, 0.15) is 12.8 Å². The molecule has 0 amide bonds. The molecule has 1 atom stereocenters. The normalized spacial score (nSPS) is 20.2. The Morgan fingerprint density at radius 2 is 2.19 bits per heavy atom. The third-order valence-corrected chi connectivity index (χ3v) is 5.45. The number of ether oxygens (including phenoxy) is 2. The lowest BCUT2D eigenvalue weighted by Crippen LogP contribution is -2.40. The zero-order chi connectivity index (χ0) is 15.5. The molecule has 1 fully saturated rings. The summed E-state index contributed by atoms with van der Waals surface area (Å²) in [5.74, 6) is 1.73. The summed E-state index contributed by atoms with van der Waals surface area (Å²) < 4.78 is 36.5. The lowest BCUT2D eigenvalue weighted by Gasteiger charge is -2.30. The molecule has 1 aliphatic rings. The van der Waals surface area contributed by atoms with Crippen molar-refractivity contribution in [1.29, 1.82) is 0 Å². The molecular weight excluding hydrogens is 358 g/mol. The summed E-state index contributed by atoms with van der Waals surface area (Å²) in [7, 11) is -1.49. The number of hydrogen-bond acceptors (Lipinski definition) is 4. The molecule has 7 heteroatoms. The van der Waals surface area contributed by atoms with Crippen LogP contribution in [0.25, 0.3) is 0 Å². The maximum absolute atomic E-state index is 11.6. The summed E-state index contributed by atoms with van der Waals surface area (Å²) in [5, 5.41) is 0. The first-order valence-electron chi connectivity index (χ1n) is 6.81. The number of rotatable bonds is 5. The Morgan fingerprint density at radius 1 is 1.43 bits per heavy atom. The standard InChI is InChI=1S/C14H20BrNO4S/c1-19-12-5-6-14(13(15)8-12)20-10-11-4-3-7-16(9-11)21(2,17)18/h5-6,8,11H,3-4,7,9-10H2,1-2H3. The van der Waals surface area contributed by atoms with Crippen molar-refractivity contribution in [2.45, 2.75) is 12.8 Å². The van der Waals surface area contributed by atoms with E-state index < -0.39 is 10.0 Å². The number of halogens is 1. The number of hydrogen-bond donors (Lipinski definition) is 0. The number of sulfonamides is 1. The van der Waals surface area contributed by atoms with Gasteiger partial charge in [0.1, 0.15) is 11.5 Å². The van der Waals surface area contributed by atoms with Crippen LogP contribution in [0.3, 0.4) is 0 Å². The third kappa shape index (κ3) is 4.59. The smallest absolute Gasteiger partial charge is 0.211 e. The summed E-state index contributed by atoms with van der Waals surface area (Å²) in [6.07, 6.45) is 3.13. The molecule has 0 bridgehead atoms. The first-order valence-corrected chi connectivity index (χ1v) is 9.45. The lowest BCUT2D eigenvalue weighted by atomic mass is 10.0. The van der Waals surface area contributed by atoms with Crippen LogP contribution in [0.4, 0.5) is 0 Å². The van der Waals surface area contributed by atoms with Crippen molar-refractivity contribution in [2.24, 2.45) is 5.92 Å². The van der Waals surface area contributed by atoms with Crippen LogP contribution in [-0.4, -0.2) is 45.8 Å². The quantitative estimate of drug-likeness (QED) is 0.790. The molecule has 0 aliphatic carbocycles. The van der Waals surface area contributed by atoms with Crippen molar-refractivity contribution in [1.82, 2.24) is 4.31 Å². The van der Waals surface area contributed by atoms with Crippen molar-refractivity contribution in [2.75, 3.05) is 33.1 Å². The van der Waals surface area contributed by atoms with Crippen LogP contribution in [0.5, 0.6) is 11.5 Å². The van der Waals surface area contributed by atoms with E-state index in [1.807, 2.05) is 18.2 Å². The molecule has 2 rings (SSSR count). The molecule has 1 saturated heterocycles. The molecule has 1 aromatic carbocycles. The average molecular weight is 378 g/mol. The van der Waals surface area contributed by atoms with Crippen molar-refractivity contribution >= 4 is 26.0 Å². The van der Waals surface area contributed by atoms with Gasteiger partial charge in [0.2, 0.25) is 10.0 Å². The summed E-state index contributed by atoms with van der Waals surface area (Å²) in [4.78, 5) is 0. The van der Waals surface area contributed by atoms with E-state index in [0.29, 0.717) is 19.7 Å². The zero-order valence-corrected chi connectivity index (χ0v) is 14.6. The van der Waals surface area contributed by atoms with Gasteiger partial charge < -0.3 is 9.47 Å². The molecule has 0 radical (unpaired) electrons. The maximum Gasteiger partial charge on any atom is 0.211 e. The van der Waals surface area contributed by atoms with E-state index in [4.69, 9.17) is 9.47 Å². The van der Waals surface area contributed by atoms with Gasteiger partial charge in [0.15, 0.2) is 0 Å². The van der Waals surface area contributed by atoms with Crippen molar-refractivity contribution in [3.63, 3.8) is 0 Å². The van der Waals surface area contributed by atoms with Crippen LogP contribution in [0.15, 0.2) is 22.7 Å². The first kappa shape index (κ1) is 16.6. The fourth-order valence-electron chi connectivity index (χ4n) is 2.40. The van der Waals surface area contributed by atoms with Gasteiger partial charge in [0.25, 0.3) is 0 Å². The summed E-state index contributed by atoms with van der Waals surface area (Å²) in [6.45, 7) is 1.66. The topological polar surface area (TPSA) is 55.8 Å². The second-order valence-corrected chi connectivity index (χ2v) is 8.07. The van der Waals surface area contributed by atoms with Crippen LogP contribution >= 0.6 is 15.9 Å². The van der Waals surface area contributed by atoms with Gasteiger partial charge in [-0.1, -0.05) is 0 Å². The molecule has 0 saturated carbocycles. The Morgan fingerprint density at radius 3 is 2.81 bits per heavy atom. The van der Waals surface area contributed by atoms with Gasteiger partial charge in [-0.25, -0.2) is 12.7 Å².